The minimum absolute atomic E-state index is 0.144. The highest BCUT2D eigenvalue weighted by molar-refractivity contribution is 5.97. The van der Waals surface area contributed by atoms with Crippen molar-refractivity contribution in [3.8, 4) is 5.75 Å². The molecule has 0 bridgehead atoms. The van der Waals surface area contributed by atoms with Crippen LogP contribution in [0.15, 0.2) is 42.6 Å². The lowest BCUT2D eigenvalue weighted by molar-refractivity contribution is 0.0936. The number of hydrogen-bond donors (Lipinski definition) is 2. The minimum Gasteiger partial charge on any atom is -0.497 e. The van der Waals surface area contributed by atoms with Crippen molar-refractivity contribution in [2.45, 2.75) is 13.0 Å². The summed E-state index contributed by atoms with van der Waals surface area (Å²) in [7, 11) is 1.62. The lowest BCUT2D eigenvalue weighted by atomic mass is 10.1. The van der Waals surface area contributed by atoms with E-state index in [4.69, 9.17) is 10.5 Å². The Morgan fingerprint density at radius 1 is 1.30 bits per heavy atom. The lowest BCUT2D eigenvalue weighted by Gasteiger charge is -2.15. The molecule has 1 unspecified atom stereocenters. The molecule has 0 aliphatic rings. The second-order valence-electron chi connectivity index (χ2n) is 4.41. The molecule has 5 nitrogen and oxygen atoms in total. The molecule has 2 aromatic rings. The predicted molar refractivity (Wildman–Crippen MR) is 77.5 cm³/mol. The lowest BCUT2D eigenvalue weighted by Crippen LogP contribution is -2.28. The number of nitrogen functional groups attached to an aromatic ring is 1. The number of nitrogens with zero attached hydrogens (tertiary/aromatic N) is 1. The Kier molecular flexibility index (Phi) is 4.20. The zero-order valence-corrected chi connectivity index (χ0v) is 11.5. The van der Waals surface area contributed by atoms with Crippen molar-refractivity contribution in [2.24, 2.45) is 0 Å². The summed E-state index contributed by atoms with van der Waals surface area (Å²) in [5, 5.41) is 2.87. The van der Waals surface area contributed by atoms with Gasteiger partial charge in [-0.15, -0.1) is 0 Å². The van der Waals surface area contributed by atoms with Crippen molar-refractivity contribution in [3.05, 3.63) is 53.9 Å². The highest BCUT2D eigenvalue weighted by Gasteiger charge is 2.14. The van der Waals surface area contributed by atoms with Crippen molar-refractivity contribution in [1.82, 2.24) is 10.3 Å². The van der Waals surface area contributed by atoms with Gasteiger partial charge in [0.25, 0.3) is 5.91 Å². The number of ether oxygens (including phenoxy) is 1. The van der Waals surface area contributed by atoms with Gasteiger partial charge in [-0.25, -0.2) is 4.98 Å². The molecule has 0 aliphatic carbocycles. The molecule has 104 valence electrons. The smallest absolute Gasteiger partial charge is 0.272 e. The van der Waals surface area contributed by atoms with E-state index in [0.717, 1.165) is 11.3 Å². The monoisotopic (exact) mass is 271 g/mol. The molecule has 2 rings (SSSR count). The van der Waals surface area contributed by atoms with Crippen LogP contribution in [0, 0.1) is 0 Å². The topological polar surface area (TPSA) is 77.2 Å². The summed E-state index contributed by atoms with van der Waals surface area (Å²) in [4.78, 5) is 16.1. The largest absolute Gasteiger partial charge is 0.497 e. The summed E-state index contributed by atoms with van der Waals surface area (Å²) in [5.74, 6) is 0.493. The number of benzene rings is 1. The summed E-state index contributed by atoms with van der Waals surface area (Å²) in [6.45, 7) is 1.90. The number of carbonyl (C=O) groups is 1. The van der Waals surface area contributed by atoms with Crippen molar-refractivity contribution in [1.29, 1.82) is 0 Å². The molecule has 1 heterocycles. The van der Waals surface area contributed by atoms with E-state index in [2.05, 4.69) is 10.3 Å². The van der Waals surface area contributed by atoms with E-state index in [-0.39, 0.29) is 17.6 Å². The van der Waals surface area contributed by atoms with Crippen LogP contribution in [0.3, 0.4) is 0 Å². The van der Waals surface area contributed by atoms with E-state index in [1.54, 1.807) is 25.4 Å². The van der Waals surface area contributed by atoms with Gasteiger partial charge < -0.3 is 15.8 Å². The Bertz CT molecular complexity index is 596. The van der Waals surface area contributed by atoms with Crippen LogP contribution in [0.1, 0.15) is 29.0 Å². The predicted octanol–water partition coefficient (Wildman–Crippen LogP) is 2.16. The summed E-state index contributed by atoms with van der Waals surface area (Å²) >= 11 is 0. The molecule has 0 radical (unpaired) electrons. The Morgan fingerprint density at radius 2 is 2.00 bits per heavy atom. The van der Waals surface area contributed by atoms with Crippen LogP contribution in [0.5, 0.6) is 5.75 Å². The van der Waals surface area contributed by atoms with E-state index in [1.807, 2.05) is 31.2 Å². The van der Waals surface area contributed by atoms with Crippen LogP contribution in [0.2, 0.25) is 0 Å². The molecule has 1 aromatic heterocycles. The SMILES string of the molecule is COc1ccc(C(C)NC(=O)c2ncccc2N)cc1. The Morgan fingerprint density at radius 3 is 2.60 bits per heavy atom. The molecule has 20 heavy (non-hydrogen) atoms. The number of aromatic nitrogens is 1. The van der Waals surface area contributed by atoms with Crippen LogP contribution >= 0.6 is 0 Å². The van der Waals surface area contributed by atoms with Gasteiger partial charge in [-0.3, -0.25) is 4.79 Å². The van der Waals surface area contributed by atoms with Gasteiger partial charge >= 0.3 is 0 Å². The van der Waals surface area contributed by atoms with Gasteiger partial charge in [-0.05, 0) is 36.8 Å². The van der Waals surface area contributed by atoms with Crippen LogP contribution in [-0.4, -0.2) is 18.0 Å². The number of nitrogens with one attached hydrogen (secondary N) is 1. The second-order valence-corrected chi connectivity index (χ2v) is 4.41. The third-order valence-corrected chi connectivity index (χ3v) is 3.02. The second kappa shape index (κ2) is 6.06. The molecular weight excluding hydrogens is 254 g/mol. The van der Waals surface area contributed by atoms with Crippen molar-refractivity contribution < 1.29 is 9.53 Å². The fraction of sp³-hybridized carbons (Fsp3) is 0.200. The molecule has 1 amide bonds. The molecule has 5 heteroatoms. The number of rotatable bonds is 4. The van der Waals surface area contributed by atoms with Crippen molar-refractivity contribution in [2.75, 3.05) is 12.8 Å². The third kappa shape index (κ3) is 3.06. The number of pyridine rings is 1. The number of hydrogen-bond acceptors (Lipinski definition) is 4. The van der Waals surface area contributed by atoms with Gasteiger partial charge in [0.05, 0.1) is 18.8 Å². The Hall–Kier alpha value is -2.56. The van der Waals surface area contributed by atoms with Gasteiger partial charge in [0, 0.05) is 6.20 Å². The van der Waals surface area contributed by atoms with Gasteiger partial charge in [0.15, 0.2) is 5.69 Å². The van der Waals surface area contributed by atoms with Crippen LogP contribution < -0.4 is 15.8 Å². The minimum atomic E-state index is -0.286. The van der Waals surface area contributed by atoms with E-state index in [0.29, 0.717) is 5.69 Å². The van der Waals surface area contributed by atoms with E-state index < -0.39 is 0 Å². The molecule has 0 spiro atoms. The summed E-state index contributed by atoms with van der Waals surface area (Å²) in [6.07, 6.45) is 1.54. The van der Waals surface area contributed by atoms with Crippen molar-refractivity contribution in [3.63, 3.8) is 0 Å². The van der Waals surface area contributed by atoms with Crippen LogP contribution in [-0.2, 0) is 0 Å². The molecule has 3 N–H and O–H groups in total. The Labute approximate surface area is 117 Å². The standard InChI is InChI=1S/C15H17N3O2/c1-10(11-5-7-12(20-2)8-6-11)18-15(19)14-13(16)4-3-9-17-14/h3-10H,16H2,1-2H3,(H,18,19). The van der Waals surface area contributed by atoms with E-state index in [9.17, 15) is 4.79 Å². The molecule has 1 aromatic carbocycles. The molecular formula is C15H17N3O2. The van der Waals surface area contributed by atoms with Gasteiger partial charge in [-0.2, -0.15) is 0 Å². The maximum absolute atomic E-state index is 12.1. The molecule has 0 fully saturated rings. The Balaban J connectivity index is 2.09. The molecule has 0 saturated heterocycles. The first-order valence-corrected chi connectivity index (χ1v) is 6.27. The first kappa shape index (κ1) is 13.9. The molecule has 0 aliphatic heterocycles. The quantitative estimate of drug-likeness (QED) is 0.893. The zero-order valence-electron chi connectivity index (χ0n) is 11.5. The zero-order chi connectivity index (χ0) is 14.5. The number of carbonyl (C=O) groups excluding carboxylic acids is 1. The van der Waals surface area contributed by atoms with Crippen LogP contribution in [0.4, 0.5) is 5.69 Å². The average Bonchev–Trinajstić information content (AvgIpc) is 2.47. The van der Waals surface area contributed by atoms with Gasteiger partial charge in [0.2, 0.25) is 0 Å². The highest BCUT2D eigenvalue weighted by Crippen LogP contribution is 2.18. The first-order valence-electron chi connectivity index (χ1n) is 6.27. The molecule has 1 atom stereocenters. The number of nitrogens with two attached hydrogens (primary N) is 1. The first-order chi connectivity index (χ1) is 9.61. The van der Waals surface area contributed by atoms with Gasteiger partial charge in [0.1, 0.15) is 5.75 Å². The van der Waals surface area contributed by atoms with E-state index in [1.165, 1.54) is 0 Å². The summed E-state index contributed by atoms with van der Waals surface area (Å²) < 4.78 is 5.10. The van der Waals surface area contributed by atoms with Crippen molar-refractivity contribution >= 4 is 11.6 Å². The van der Waals surface area contributed by atoms with Gasteiger partial charge in [-0.1, -0.05) is 12.1 Å². The highest BCUT2D eigenvalue weighted by atomic mass is 16.5. The van der Waals surface area contributed by atoms with Crippen LogP contribution in [0.25, 0.3) is 0 Å². The maximum Gasteiger partial charge on any atom is 0.272 e. The molecule has 0 saturated carbocycles. The average molecular weight is 271 g/mol. The van der Waals surface area contributed by atoms with E-state index >= 15 is 0 Å². The fourth-order valence-corrected chi connectivity index (χ4v) is 1.85. The normalized spacial score (nSPS) is 11.7. The number of anilines is 1. The number of methoxy groups -OCH3 is 1. The fourth-order valence-electron chi connectivity index (χ4n) is 1.85. The third-order valence-electron chi connectivity index (χ3n) is 3.02. The maximum atomic E-state index is 12.1. The summed E-state index contributed by atoms with van der Waals surface area (Å²) in [6, 6.07) is 10.7. The number of amides is 1. The summed E-state index contributed by atoms with van der Waals surface area (Å²) in [5.41, 5.74) is 7.33.